The summed E-state index contributed by atoms with van der Waals surface area (Å²) in [6, 6.07) is 1.66. The van der Waals surface area contributed by atoms with Gasteiger partial charge in [-0.05, 0) is 51.6 Å². The van der Waals surface area contributed by atoms with Crippen molar-refractivity contribution in [3.8, 4) is 0 Å². The Morgan fingerprint density at radius 3 is 2.56 bits per heavy atom. The van der Waals surface area contributed by atoms with Crippen LogP contribution in [0.3, 0.4) is 0 Å². The minimum atomic E-state index is 0.762. The molecule has 2 atom stereocenters. The van der Waals surface area contributed by atoms with Crippen LogP contribution in [0.15, 0.2) is 0 Å². The molecule has 0 saturated carbocycles. The molecule has 0 aromatic heterocycles. The zero-order valence-corrected chi connectivity index (χ0v) is 10.3. The first kappa shape index (κ1) is 11.0. The molecular weight excluding hydrogens is 198 g/mol. The number of rotatable bonds is 2. The van der Waals surface area contributed by atoms with Crippen LogP contribution in [-0.4, -0.2) is 48.2 Å². The van der Waals surface area contributed by atoms with Gasteiger partial charge in [-0.25, -0.2) is 5.01 Å². The fourth-order valence-electron chi connectivity index (χ4n) is 3.62. The molecule has 0 aromatic rings. The van der Waals surface area contributed by atoms with Gasteiger partial charge in [0.1, 0.15) is 0 Å². The van der Waals surface area contributed by atoms with E-state index in [-0.39, 0.29) is 0 Å². The highest BCUT2D eigenvalue weighted by molar-refractivity contribution is 4.88. The molecule has 0 spiro atoms. The van der Waals surface area contributed by atoms with Gasteiger partial charge in [0.05, 0.1) is 0 Å². The van der Waals surface area contributed by atoms with Gasteiger partial charge in [0.2, 0.25) is 0 Å². The highest BCUT2D eigenvalue weighted by atomic mass is 15.5. The summed E-state index contributed by atoms with van der Waals surface area (Å²) in [5.74, 6) is 0. The lowest BCUT2D eigenvalue weighted by molar-refractivity contribution is 0.0816. The van der Waals surface area contributed by atoms with Crippen molar-refractivity contribution in [1.29, 1.82) is 0 Å². The van der Waals surface area contributed by atoms with Crippen LogP contribution in [0.4, 0.5) is 0 Å². The molecular formula is C13H25N3. The average molecular weight is 223 g/mol. The normalized spacial score (nSPS) is 37.5. The minimum Gasteiger partial charge on any atom is -0.300 e. The summed E-state index contributed by atoms with van der Waals surface area (Å²) in [5.41, 5.74) is 3.78. The number of hydrazine groups is 1. The van der Waals surface area contributed by atoms with Crippen LogP contribution >= 0.6 is 0 Å². The van der Waals surface area contributed by atoms with Gasteiger partial charge in [-0.1, -0.05) is 6.42 Å². The molecule has 3 heteroatoms. The highest BCUT2D eigenvalue weighted by Gasteiger charge is 2.32. The van der Waals surface area contributed by atoms with Crippen molar-refractivity contribution in [3.05, 3.63) is 0 Å². The Morgan fingerprint density at radius 2 is 1.69 bits per heavy atom. The summed E-state index contributed by atoms with van der Waals surface area (Å²) in [6.07, 6.45) is 9.81. The van der Waals surface area contributed by atoms with E-state index in [0.717, 1.165) is 12.1 Å². The van der Waals surface area contributed by atoms with Crippen molar-refractivity contribution >= 4 is 0 Å². The van der Waals surface area contributed by atoms with Gasteiger partial charge in [0, 0.05) is 25.2 Å². The van der Waals surface area contributed by atoms with Gasteiger partial charge in [-0.15, -0.1) is 0 Å². The van der Waals surface area contributed by atoms with Crippen LogP contribution in [0.1, 0.15) is 44.9 Å². The predicted molar refractivity (Wildman–Crippen MR) is 66.2 cm³/mol. The van der Waals surface area contributed by atoms with Crippen LogP contribution in [-0.2, 0) is 0 Å². The van der Waals surface area contributed by atoms with Gasteiger partial charge < -0.3 is 4.90 Å². The van der Waals surface area contributed by atoms with E-state index in [9.17, 15) is 0 Å². The van der Waals surface area contributed by atoms with Crippen LogP contribution in [0, 0.1) is 0 Å². The number of hydrogen-bond donors (Lipinski definition) is 1. The zero-order valence-electron chi connectivity index (χ0n) is 10.3. The van der Waals surface area contributed by atoms with Gasteiger partial charge in [0.25, 0.3) is 0 Å². The Kier molecular flexibility index (Phi) is 3.46. The zero-order chi connectivity index (χ0) is 10.8. The number of nitrogens with one attached hydrogen (secondary N) is 1. The Labute approximate surface area is 99.1 Å². The molecule has 3 fully saturated rings. The second-order valence-corrected chi connectivity index (χ2v) is 5.73. The summed E-state index contributed by atoms with van der Waals surface area (Å²) >= 11 is 0. The molecule has 16 heavy (non-hydrogen) atoms. The van der Waals surface area contributed by atoms with Crippen LogP contribution in [0.5, 0.6) is 0 Å². The SMILES string of the molecule is C1CCN(NC2CCN3CCCC3C2)CC1. The Bertz CT molecular complexity index is 225. The predicted octanol–water partition coefficient (Wildman–Crippen LogP) is 1.60. The Hall–Kier alpha value is -0.120. The van der Waals surface area contributed by atoms with Crippen molar-refractivity contribution < 1.29 is 0 Å². The van der Waals surface area contributed by atoms with E-state index in [1.807, 2.05) is 0 Å². The molecule has 0 aliphatic carbocycles. The van der Waals surface area contributed by atoms with Crippen molar-refractivity contribution in [1.82, 2.24) is 15.3 Å². The van der Waals surface area contributed by atoms with Gasteiger partial charge in [0.15, 0.2) is 0 Å². The number of nitrogens with zero attached hydrogens (tertiary/aromatic N) is 2. The third kappa shape index (κ3) is 2.41. The molecule has 0 bridgehead atoms. The van der Waals surface area contributed by atoms with E-state index in [2.05, 4.69) is 15.3 Å². The van der Waals surface area contributed by atoms with Crippen LogP contribution in [0.2, 0.25) is 0 Å². The highest BCUT2D eigenvalue weighted by Crippen LogP contribution is 2.27. The van der Waals surface area contributed by atoms with E-state index in [1.54, 1.807) is 0 Å². The number of piperidine rings is 2. The summed E-state index contributed by atoms with van der Waals surface area (Å²) in [6.45, 7) is 5.23. The molecule has 3 nitrogen and oxygen atoms in total. The Balaban J connectivity index is 1.48. The minimum absolute atomic E-state index is 0.762. The van der Waals surface area contributed by atoms with Crippen molar-refractivity contribution in [2.45, 2.75) is 57.0 Å². The molecule has 3 rings (SSSR count). The van der Waals surface area contributed by atoms with Gasteiger partial charge >= 0.3 is 0 Å². The van der Waals surface area contributed by atoms with E-state index in [4.69, 9.17) is 0 Å². The molecule has 2 unspecified atom stereocenters. The fraction of sp³-hybridized carbons (Fsp3) is 1.00. The van der Waals surface area contributed by atoms with Gasteiger partial charge in [-0.2, -0.15) is 0 Å². The molecule has 0 amide bonds. The largest absolute Gasteiger partial charge is 0.300 e. The van der Waals surface area contributed by atoms with E-state index in [0.29, 0.717) is 0 Å². The Morgan fingerprint density at radius 1 is 0.812 bits per heavy atom. The number of fused-ring (bicyclic) bond motifs is 1. The van der Waals surface area contributed by atoms with Crippen molar-refractivity contribution in [2.24, 2.45) is 0 Å². The molecule has 1 N–H and O–H groups in total. The second-order valence-electron chi connectivity index (χ2n) is 5.73. The van der Waals surface area contributed by atoms with Crippen molar-refractivity contribution in [2.75, 3.05) is 26.2 Å². The smallest absolute Gasteiger partial charge is 0.0242 e. The summed E-state index contributed by atoms with van der Waals surface area (Å²) in [7, 11) is 0. The first-order valence-corrected chi connectivity index (χ1v) is 7.17. The fourth-order valence-corrected chi connectivity index (χ4v) is 3.62. The second kappa shape index (κ2) is 5.03. The molecule has 3 saturated heterocycles. The van der Waals surface area contributed by atoms with Crippen molar-refractivity contribution in [3.63, 3.8) is 0 Å². The first-order valence-electron chi connectivity index (χ1n) is 7.17. The maximum Gasteiger partial charge on any atom is 0.0242 e. The van der Waals surface area contributed by atoms with E-state index < -0.39 is 0 Å². The van der Waals surface area contributed by atoms with Crippen LogP contribution in [0.25, 0.3) is 0 Å². The lowest BCUT2D eigenvalue weighted by Crippen LogP contribution is -2.52. The maximum absolute atomic E-state index is 3.78. The third-order valence-electron chi connectivity index (χ3n) is 4.54. The van der Waals surface area contributed by atoms with E-state index >= 15 is 0 Å². The molecule has 3 aliphatic heterocycles. The quantitative estimate of drug-likeness (QED) is 0.767. The average Bonchev–Trinajstić information content (AvgIpc) is 2.77. The standard InChI is InChI=1S/C13H25N3/c1-2-8-16(9-3-1)14-12-6-10-15-7-4-5-13(15)11-12/h12-14H,1-11H2. The third-order valence-corrected chi connectivity index (χ3v) is 4.54. The molecule has 0 radical (unpaired) electrons. The van der Waals surface area contributed by atoms with Crippen LogP contribution < -0.4 is 5.43 Å². The lowest BCUT2D eigenvalue weighted by Gasteiger charge is -2.39. The lowest BCUT2D eigenvalue weighted by atomic mass is 9.98. The summed E-state index contributed by atoms with van der Waals surface area (Å²) in [4.78, 5) is 2.70. The molecule has 3 aliphatic rings. The topological polar surface area (TPSA) is 18.5 Å². The monoisotopic (exact) mass is 223 g/mol. The molecule has 0 aromatic carbocycles. The van der Waals surface area contributed by atoms with Gasteiger partial charge in [-0.3, -0.25) is 5.43 Å². The summed E-state index contributed by atoms with van der Waals surface area (Å²) < 4.78 is 0. The first-order chi connectivity index (χ1) is 7.92. The molecule has 3 heterocycles. The number of hydrogen-bond acceptors (Lipinski definition) is 3. The summed E-state index contributed by atoms with van der Waals surface area (Å²) in [5, 5.41) is 2.48. The maximum atomic E-state index is 3.78. The van der Waals surface area contributed by atoms with E-state index in [1.165, 1.54) is 71.1 Å². The molecule has 92 valence electrons.